The fourth-order valence-corrected chi connectivity index (χ4v) is 6.93. The van der Waals surface area contributed by atoms with Crippen LogP contribution in [0.3, 0.4) is 0 Å². The smallest absolute Gasteiger partial charge is 0.264 e. The predicted molar refractivity (Wildman–Crippen MR) is 140 cm³/mol. The van der Waals surface area contributed by atoms with Crippen LogP contribution < -0.4 is 14.4 Å². The lowest BCUT2D eigenvalue weighted by Gasteiger charge is -2.24. The summed E-state index contributed by atoms with van der Waals surface area (Å²) in [4.78, 5) is 12.8. The van der Waals surface area contributed by atoms with Gasteiger partial charge in [-0.1, -0.05) is 18.2 Å². The zero-order valence-electron chi connectivity index (χ0n) is 20.5. The lowest BCUT2D eigenvalue weighted by atomic mass is 10.3. The normalized spacial score (nSPS) is 14.2. The average Bonchev–Trinajstić information content (AvgIpc) is 3.47. The van der Waals surface area contributed by atoms with Gasteiger partial charge in [0, 0.05) is 13.1 Å². The molecule has 3 aromatic carbocycles. The number of sulfonamides is 2. The minimum absolute atomic E-state index is 0.00403. The largest absolute Gasteiger partial charge is 0.492 e. The van der Waals surface area contributed by atoms with Crippen molar-refractivity contribution < 1.29 is 30.8 Å². The van der Waals surface area contributed by atoms with E-state index in [-0.39, 0.29) is 28.6 Å². The summed E-state index contributed by atoms with van der Waals surface area (Å²) in [6, 6.07) is 18.5. The summed E-state index contributed by atoms with van der Waals surface area (Å²) < 4.78 is 73.1. The van der Waals surface area contributed by atoms with E-state index in [1.165, 1.54) is 40.7 Å². The molecule has 1 aliphatic rings. The van der Waals surface area contributed by atoms with Gasteiger partial charge in [0.1, 0.15) is 24.7 Å². The van der Waals surface area contributed by atoms with Gasteiger partial charge in [-0.3, -0.25) is 9.10 Å². The van der Waals surface area contributed by atoms with Crippen LogP contribution in [0.5, 0.6) is 5.75 Å². The first-order valence-corrected chi connectivity index (χ1v) is 14.9. The minimum atomic E-state index is -4.09. The van der Waals surface area contributed by atoms with Crippen LogP contribution in [0.2, 0.25) is 0 Å². The molecule has 0 saturated carbocycles. The molecule has 1 N–H and O–H groups in total. The molecule has 0 radical (unpaired) electrons. The molecule has 1 amide bonds. The Hall–Kier alpha value is -3.48. The molecule has 202 valence electrons. The molecule has 0 atom stereocenters. The molecule has 0 aromatic heterocycles. The first-order chi connectivity index (χ1) is 18.2. The lowest BCUT2D eigenvalue weighted by molar-refractivity contribution is -0.119. The van der Waals surface area contributed by atoms with Crippen molar-refractivity contribution in [2.45, 2.75) is 22.6 Å². The van der Waals surface area contributed by atoms with Crippen LogP contribution in [0.4, 0.5) is 10.1 Å². The molecule has 1 saturated heterocycles. The Kier molecular flexibility index (Phi) is 8.65. The third kappa shape index (κ3) is 6.50. The number of carbonyl (C=O) groups is 1. The average molecular weight is 562 g/mol. The van der Waals surface area contributed by atoms with E-state index in [0.717, 1.165) is 29.3 Å². The van der Waals surface area contributed by atoms with Gasteiger partial charge in [0.15, 0.2) is 0 Å². The van der Waals surface area contributed by atoms with Crippen molar-refractivity contribution >= 4 is 31.6 Å². The highest BCUT2D eigenvalue weighted by Gasteiger charge is 2.28. The number of ether oxygens (including phenoxy) is 1. The standard InChI is InChI=1S/C26H28FN3O6S2/c27-21-8-10-22(11-9-21)30(38(34,35)24-6-2-1-3-7-24)20-26(31)28-16-19-36-23-12-14-25(15-13-23)37(32,33)29-17-4-5-18-29/h1-3,6-15H,4-5,16-20H2,(H,28,31). The van der Waals surface area contributed by atoms with Crippen molar-refractivity contribution in [2.24, 2.45) is 0 Å². The van der Waals surface area contributed by atoms with Gasteiger partial charge in [-0.05, 0) is 73.5 Å². The van der Waals surface area contributed by atoms with E-state index < -0.39 is 38.3 Å². The molecule has 3 aromatic rings. The van der Waals surface area contributed by atoms with Crippen LogP contribution in [-0.4, -0.2) is 59.8 Å². The maximum absolute atomic E-state index is 13.4. The van der Waals surface area contributed by atoms with Gasteiger partial charge < -0.3 is 10.1 Å². The summed E-state index contributed by atoms with van der Waals surface area (Å²) in [5.41, 5.74) is 0.144. The van der Waals surface area contributed by atoms with Gasteiger partial charge in [-0.2, -0.15) is 4.31 Å². The third-order valence-corrected chi connectivity index (χ3v) is 9.65. The van der Waals surface area contributed by atoms with Gasteiger partial charge in [0.2, 0.25) is 15.9 Å². The highest BCUT2D eigenvalue weighted by molar-refractivity contribution is 7.92. The molecule has 4 rings (SSSR count). The van der Waals surface area contributed by atoms with E-state index in [1.807, 2.05) is 0 Å². The van der Waals surface area contributed by atoms with E-state index >= 15 is 0 Å². The predicted octanol–water partition coefficient (Wildman–Crippen LogP) is 3.00. The zero-order chi connectivity index (χ0) is 27.2. The molecule has 12 heteroatoms. The van der Waals surface area contributed by atoms with Crippen LogP contribution >= 0.6 is 0 Å². The Morgan fingerprint density at radius 1 is 0.868 bits per heavy atom. The van der Waals surface area contributed by atoms with E-state index in [0.29, 0.717) is 18.8 Å². The van der Waals surface area contributed by atoms with Crippen molar-refractivity contribution in [3.8, 4) is 5.75 Å². The summed E-state index contributed by atoms with van der Waals surface area (Å²) in [5, 5.41) is 2.61. The number of benzene rings is 3. The van der Waals surface area contributed by atoms with E-state index in [9.17, 15) is 26.0 Å². The number of hydrogen-bond donors (Lipinski definition) is 1. The van der Waals surface area contributed by atoms with Crippen LogP contribution in [0.15, 0.2) is 88.7 Å². The molecule has 0 unspecified atom stereocenters. The Bertz CT molecular complexity index is 1440. The molecule has 38 heavy (non-hydrogen) atoms. The molecule has 1 aliphatic heterocycles. The number of nitrogens with zero attached hydrogens (tertiary/aromatic N) is 2. The number of anilines is 1. The quantitative estimate of drug-likeness (QED) is 0.360. The second-order valence-corrected chi connectivity index (χ2v) is 12.4. The number of amides is 1. The zero-order valence-corrected chi connectivity index (χ0v) is 22.1. The SMILES string of the molecule is O=C(CN(c1ccc(F)cc1)S(=O)(=O)c1ccccc1)NCCOc1ccc(S(=O)(=O)N2CCCC2)cc1. The highest BCUT2D eigenvalue weighted by Crippen LogP contribution is 2.24. The van der Waals surface area contributed by atoms with Crippen LogP contribution in [0.1, 0.15) is 12.8 Å². The topological polar surface area (TPSA) is 113 Å². The minimum Gasteiger partial charge on any atom is -0.492 e. The van der Waals surface area contributed by atoms with Gasteiger partial charge in [-0.25, -0.2) is 21.2 Å². The van der Waals surface area contributed by atoms with Gasteiger partial charge in [0.05, 0.1) is 22.0 Å². The van der Waals surface area contributed by atoms with Crippen LogP contribution in [0.25, 0.3) is 0 Å². The molecule has 0 spiro atoms. The van der Waals surface area contributed by atoms with Crippen LogP contribution in [0, 0.1) is 5.82 Å². The molecule has 0 aliphatic carbocycles. The highest BCUT2D eigenvalue weighted by atomic mass is 32.2. The lowest BCUT2D eigenvalue weighted by Crippen LogP contribution is -2.41. The van der Waals surface area contributed by atoms with Crippen molar-refractivity contribution in [1.82, 2.24) is 9.62 Å². The fraction of sp³-hybridized carbons (Fsp3) is 0.269. The van der Waals surface area contributed by atoms with Gasteiger partial charge in [-0.15, -0.1) is 0 Å². The molecular formula is C26H28FN3O6S2. The number of halogens is 1. The number of carbonyl (C=O) groups excluding carboxylic acids is 1. The summed E-state index contributed by atoms with van der Waals surface area (Å²) >= 11 is 0. The maximum Gasteiger partial charge on any atom is 0.264 e. The number of nitrogens with one attached hydrogen (secondary N) is 1. The van der Waals surface area contributed by atoms with Crippen LogP contribution in [-0.2, 0) is 24.8 Å². The van der Waals surface area contributed by atoms with Crippen molar-refractivity contribution in [3.63, 3.8) is 0 Å². The fourth-order valence-electron chi connectivity index (χ4n) is 3.97. The summed E-state index contributed by atoms with van der Waals surface area (Å²) in [7, 11) is -7.61. The number of rotatable bonds is 11. The maximum atomic E-state index is 13.4. The monoisotopic (exact) mass is 561 g/mol. The van der Waals surface area contributed by atoms with E-state index in [2.05, 4.69) is 5.32 Å². The Labute approximate surface area is 221 Å². The summed E-state index contributed by atoms with van der Waals surface area (Å²) in [5.74, 6) is -0.683. The number of hydrogen-bond acceptors (Lipinski definition) is 6. The third-order valence-electron chi connectivity index (χ3n) is 5.95. The van der Waals surface area contributed by atoms with E-state index in [4.69, 9.17) is 4.74 Å². The Morgan fingerprint density at radius 3 is 2.13 bits per heavy atom. The summed E-state index contributed by atoms with van der Waals surface area (Å²) in [6.07, 6.45) is 1.71. The second kappa shape index (κ2) is 11.9. The van der Waals surface area contributed by atoms with Crippen molar-refractivity contribution in [3.05, 3.63) is 84.7 Å². The van der Waals surface area contributed by atoms with Gasteiger partial charge >= 0.3 is 0 Å². The molecule has 9 nitrogen and oxygen atoms in total. The van der Waals surface area contributed by atoms with Crippen molar-refractivity contribution in [1.29, 1.82) is 0 Å². The van der Waals surface area contributed by atoms with Gasteiger partial charge in [0.25, 0.3) is 10.0 Å². The second-order valence-electron chi connectivity index (χ2n) is 8.58. The molecular weight excluding hydrogens is 533 g/mol. The first-order valence-electron chi connectivity index (χ1n) is 12.0. The van der Waals surface area contributed by atoms with E-state index in [1.54, 1.807) is 30.3 Å². The molecule has 1 heterocycles. The summed E-state index contributed by atoms with van der Waals surface area (Å²) in [6.45, 7) is 0.671. The first kappa shape index (κ1) is 27.6. The Morgan fingerprint density at radius 2 is 1.50 bits per heavy atom. The molecule has 0 bridgehead atoms. The molecule has 1 fully saturated rings. The van der Waals surface area contributed by atoms with Crippen molar-refractivity contribution in [2.75, 3.05) is 37.1 Å². The Balaban J connectivity index is 1.34.